The molecule has 0 aliphatic rings. The van der Waals surface area contributed by atoms with Crippen molar-refractivity contribution < 1.29 is 22.7 Å². The van der Waals surface area contributed by atoms with Gasteiger partial charge in [-0.15, -0.1) is 0 Å². The number of rotatable bonds is 5. The molecule has 2 aromatic rings. The van der Waals surface area contributed by atoms with Gasteiger partial charge in [0.15, 0.2) is 0 Å². The van der Waals surface area contributed by atoms with Gasteiger partial charge in [-0.1, -0.05) is 0 Å². The van der Waals surface area contributed by atoms with Crippen molar-refractivity contribution in [1.29, 1.82) is 0 Å². The topological polar surface area (TPSA) is 120 Å². The van der Waals surface area contributed by atoms with E-state index in [9.17, 15) is 13.2 Å². The van der Waals surface area contributed by atoms with Crippen LogP contribution >= 0.6 is 0 Å². The maximum atomic E-state index is 12.4. The molecule has 0 saturated heterocycles. The number of anilines is 1. The Hall–Kier alpha value is -2.36. The summed E-state index contributed by atoms with van der Waals surface area (Å²) in [7, 11) is -1.29. The molecule has 0 atom stereocenters. The third-order valence-electron chi connectivity index (χ3n) is 3.09. The van der Waals surface area contributed by atoms with Crippen molar-refractivity contribution in [3.8, 4) is 11.8 Å². The molecule has 1 aromatic carbocycles. The Kier molecular flexibility index (Phi) is 5.83. The third-order valence-corrected chi connectivity index (χ3v) is 5.59. The van der Waals surface area contributed by atoms with Crippen molar-refractivity contribution in [3.63, 3.8) is 0 Å². The first-order chi connectivity index (χ1) is 11.8. The van der Waals surface area contributed by atoms with Gasteiger partial charge < -0.3 is 0 Å². The standard InChI is InChI=1S/C14H16N4O5SSe/c1-8-9(5-4-6-10(8)25)24(20,21)18-14(19)17-13-15-11(22-2)7-12(16-13)23-3/h4-7,25H,1-3H3,(H2,15,16,17,18,19). The number of benzene rings is 1. The van der Waals surface area contributed by atoms with E-state index >= 15 is 0 Å². The number of ether oxygens (including phenoxy) is 2. The Morgan fingerprint density at radius 3 is 2.32 bits per heavy atom. The molecule has 0 radical (unpaired) electrons. The Morgan fingerprint density at radius 2 is 1.76 bits per heavy atom. The molecule has 0 aliphatic heterocycles. The summed E-state index contributed by atoms with van der Waals surface area (Å²) < 4.78 is 37.3. The monoisotopic (exact) mass is 432 g/mol. The molecule has 25 heavy (non-hydrogen) atoms. The third kappa shape index (κ3) is 4.59. The van der Waals surface area contributed by atoms with Crippen LogP contribution in [0.5, 0.6) is 11.8 Å². The van der Waals surface area contributed by atoms with Crippen LogP contribution in [0.15, 0.2) is 29.2 Å². The van der Waals surface area contributed by atoms with Crippen LogP contribution in [0.3, 0.4) is 0 Å². The minimum atomic E-state index is -4.05. The van der Waals surface area contributed by atoms with Crippen molar-refractivity contribution >= 4 is 42.5 Å². The molecule has 2 N–H and O–H groups in total. The molecule has 1 aromatic heterocycles. The van der Waals surface area contributed by atoms with Gasteiger partial charge in [0, 0.05) is 0 Å². The summed E-state index contributed by atoms with van der Waals surface area (Å²) in [5.41, 5.74) is 0.530. The number of hydrogen-bond acceptors (Lipinski definition) is 7. The Bertz CT molecular complexity index is 882. The molecular weight excluding hydrogens is 415 g/mol. The number of nitrogens with one attached hydrogen (secondary N) is 2. The molecular formula is C14H16N4O5SSe. The van der Waals surface area contributed by atoms with E-state index in [-0.39, 0.29) is 22.6 Å². The van der Waals surface area contributed by atoms with E-state index in [1.165, 1.54) is 26.4 Å². The van der Waals surface area contributed by atoms with E-state index in [4.69, 9.17) is 9.47 Å². The second-order valence-electron chi connectivity index (χ2n) is 4.74. The summed E-state index contributed by atoms with van der Waals surface area (Å²) in [5.74, 6) is 0.135. The van der Waals surface area contributed by atoms with E-state index < -0.39 is 16.1 Å². The molecule has 2 rings (SSSR count). The first-order valence-electron chi connectivity index (χ1n) is 6.86. The summed E-state index contributed by atoms with van der Waals surface area (Å²) in [6, 6.07) is 5.15. The number of carbonyl (C=O) groups excluding carboxylic acids is 1. The average Bonchev–Trinajstić information content (AvgIpc) is 2.56. The normalized spacial score (nSPS) is 10.9. The molecule has 11 heteroatoms. The van der Waals surface area contributed by atoms with Crippen LogP contribution in [0.4, 0.5) is 10.7 Å². The van der Waals surface area contributed by atoms with Crippen LogP contribution < -0.4 is 24.0 Å². The number of hydrogen-bond donors (Lipinski definition) is 2. The van der Waals surface area contributed by atoms with Crippen LogP contribution in [0.1, 0.15) is 5.56 Å². The van der Waals surface area contributed by atoms with Gasteiger partial charge in [0.05, 0.1) is 0 Å². The van der Waals surface area contributed by atoms with Gasteiger partial charge in [0.2, 0.25) is 0 Å². The van der Waals surface area contributed by atoms with Gasteiger partial charge in [-0.2, -0.15) is 0 Å². The van der Waals surface area contributed by atoms with Gasteiger partial charge >= 0.3 is 153 Å². The molecule has 0 spiro atoms. The zero-order valence-corrected chi connectivity index (χ0v) is 16.3. The number of urea groups is 1. The second kappa shape index (κ2) is 7.68. The summed E-state index contributed by atoms with van der Waals surface area (Å²) in [4.78, 5) is 19.8. The fourth-order valence-corrected chi connectivity index (χ4v) is 3.64. The predicted octanol–water partition coefficient (Wildman–Crippen LogP) is -0.161. The molecule has 0 unspecified atom stereocenters. The predicted molar refractivity (Wildman–Crippen MR) is 92.4 cm³/mol. The zero-order valence-electron chi connectivity index (χ0n) is 13.6. The molecule has 1 heterocycles. The van der Waals surface area contributed by atoms with Crippen molar-refractivity contribution in [2.75, 3.05) is 19.5 Å². The van der Waals surface area contributed by atoms with Crippen LogP contribution in [0.25, 0.3) is 0 Å². The molecule has 9 nitrogen and oxygen atoms in total. The van der Waals surface area contributed by atoms with Gasteiger partial charge in [-0.25, -0.2) is 0 Å². The first kappa shape index (κ1) is 19.0. The van der Waals surface area contributed by atoms with Crippen molar-refractivity contribution in [2.24, 2.45) is 0 Å². The number of carbonyl (C=O) groups is 1. The first-order valence-corrected chi connectivity index (χ1v) is 9.28. The van der Waals surface area contributed by atoms with Gasteiger partial charge in [-0.3, -0.25) is 0 Å². The molecule has 0 aliphatic carbocycles. The summed E-state index contributed by atoms with van der Waals surface area (Å²) in [6.07, 6.45) is 0. The van der Waals surface area contributed by atoms with E-state index in [1.54, 1.807) is 19.1 Å². The average molecular weight is 431 g/mol. The Balaban J connectivity index is 2.21. The number of amides is 2. The van der Waals surface area contributed by atoms with E-state index in [1.807, 2.05) is 4.72 Å². The van der Waals surface area contributed by atoms with Crippen LogP contribution in [-0.2, 0) is 10.0 Å². The summed E-state index contributed by atoms with van der Waals surface area (Å²) in [6.45, 7) is 1.65. The fourth-order valence-electron chi connectivity index (χ4n) is 1.87. The zero-order chi connectivity index (χ0) is 18.6. The summed E-state index contributed by atoms with van der Waals surface area (Å²) >= 11 is 2.27. The quantitative estimate of drug-likeness (QED) is 0.632. The summed E-state index contributed by atoms with van der Waals surface area (Å²) in [5, 5.41) is 2.24. The number of nitrogens with zero attached hydrogens (tertiary/aromatic N) is 2. The SMILES string of the molecule is COc1cc(OC)nc(NC(=O)NS(=O)(=O)c2cccc([SeH])c2C)n1. The number of sulfonamides is 1. The van der Waals surface area contributed by atoms with Crippen LogP contribution in [0.2, 0.25) is 0 Å². The van der Waals surface area contributed by atoms with Gasteiger partial charge in [-0.05, 0) is 0 Å². The van der Waals surface area contributed by atoms with E-state index in [0.29, 0.717) is 5.56 Å². The van der Waals surface area contributed by atoms with Gasteiger partial charge in [0.1, 0.15) is 0 Å². The van der Waals surface area contributed by atoms with Crippen molar-refractivity contribution in [2.45, 2.75) is 11.8 Å². The number of methoxy groups -OCH3 is 2. The van der Waals surface area contributed by atoms with Crippen LogP contribution in [-0.4, -0.2) is 54.6 Å². The molecule has 0 bridgehead atoms. The minimum absolute atomic E-state index is 0.00455. The molecule has 134 valence electrons. The fraction of sp³-hybridized carbons (Fsp3) is 0.214. The molecule has 0 saturated carbocycles. The van der Waals surface area contributed by atoms with E-state index in [2.05, 4.69) is 31.3 Å². The van der Waals surface area contributed by atoms with E-state index in [0.717, 1.165) is 4.46 Å². The second-order valence-corrected chi connectivity index (χ2v) is 7.40. The number of aromatic nitrogens is 2. The van der Waals surface area contributed by atoms with Crippen molar-refractivity contribution in [1.82, 2.24) is 14.7 Å². The Morgan fingerprint density at radius 1 is 1.16 bits per heavy atom. The maximum absolute atomic E-state index is 12.4. The molecule has 2 amide bonds. The van der Waals surface area contributed by atoms with Gasteiger partial charge in [0.25, 0.3) is 0 Å². The van der Waals surface area contributed by atoms with Crippen molar-refractivity contribution in [3.05, 3.63) is 29.8 Å². The van der Waals surface area contributed by atoms with Crippen LogP contribution in [0, 0.1) is 6.92 Å². The Labute approximate surface area is 153 Å². The molecule has 0 fully saturated rings.